The molecule has 3 aromatic rings. The molecule has 5 rings (SSSR count). The number of unbranched alkanes of at least 4 members (excludes halogenated alkanes) is 3. The lowest BCUT2D eigenvalue weighted by molar-refractivity contribution is -0.142. The molecule has 11 nitrogen and oxygen atoms in total. The van der Waals surface area contributed by atoms with E-state index in [1.165, 1.54) is 17.6 Å². The first-order valence-electron chi connectivity index (χ1n) is 13.6. The Morgan fingerprint density at radius 2 is 2.00 bits per heavy atom. The fourth-order valence-electron chi connectivity index (χ4n) is 4.85. The standard InChI is InChI=1S/C24H32N4O5S2.C3H3NO/c29-22(16-13-18(33-28-16)19-10-6-12-34-19)25-11-4-2-1-3-7-15(23(30)31)8-5-9-20-21-17(14-35-20)26-24(32)27-21;1-2-4-5-3-1/h6,10,12-13,15,17,20-21H,1-5,7-9,11,14H2,(H,25,29)(H,30,31)(H2,26,27,32);1-3H/t15?,17-,20-,21-;/m0./s1. The topological polar surface area (TPSA) is 160 Å². The SMILES string of the molecule is O=C1N[C@H]2[C@H](CS[C@H]2CCCC(CCCCCCNC(=O)c2cc(-c3cccs3)on2)C(=O)O)N1.c1cnoc1. The summed E-state index contributed by atoms with van der Waals surface area (Å²) in [5, 5.41) is 27.9. The molecular formula is C27H35N5O6S2. The van der Waals surface area contributed by atoms with Crippen LogP contribution < -0.4 is 16.0 Å². The third-order valence-corrected chi connectivity index (χ3v) is 9.34. The normalized spacial score (nSPS) is 20.1. The van der Waals surface area contributed by atoms with Crippen LogP contribution in [0.15, 0.2) is 51.2 Å². The molecule has 4 N–H and O–H groups in total. The molecule has 40 heavy (non-hydrogen) atoms. The first kappa shape index (κ1) is 29.7. The van der Waals surface area contributed by atoms with Gasteiger partial charge in [-0.15, -0.1) is 11.3 Å². The second kappa shape index (κ2) is 15.5. The smallest absolute Gasteiger partial charge is 0.315 e. The lowest BCUT2D eigenvalue weighted by atomic mass is 9.93. The average Bonchev–Trinajstić information content (AvgIpc) is 3.77. The number of aliphatic carboxylic acids is 1. The molecule has 2 aliphatic rings. The highest BCUT2D eigenvalue weighted by molar-refractivity contribution is 8.00. The van der Waals surface area contributed by atoms with Gasteiger partial charge in [-0.25, -0.2) is 4.79 Å². The summed E-state index contributed by atoms with van der Waals surface area (Å²) in [5.41, 5.74) is 0.274. The van der Waals surface area contributed by atoms with Gasteiger partial charge in [0.1, 0.15) is 6.26 Å². The van der Waals surface area contributed by atoms with Crippen molar-refractivity contribution in [1.29, 1.82) is 0 Å². The zero-order valence-electron chi connectivity index (χ0n) is 22.1. The van der Waals surface area contributed by atoms with Crippen LogP contribution in [0.5, 0.6) is 0 Å². The predicted molar refractivity (Wildman–Crippen MR) is 152 cm³/mol. The van der Waals surface area contributed by atoms with Crippen molar-refractivity contribution in [2.24, 2.45) is 5.92 Å². The molecule has 0 aromatic carbocycles. The van der Waals surface area contributed by atoms with Gasteiger partial charge in [0.25, 0.3) is 5.91 Å². The lowest BCUT2D eigenvalue weighted by Crippen LogP contribution is -2.36. The number of carboxylic acid groups (broad SMARTS) is 1. The molecule has 2 aliphatic heterocycles. The highest BCUT2D eigenvalue weighted by atomic mass is 32.2. The molecule has 1 unspecified atom stereocenters. The second-order valence-corrected chi connectivity index (χ2v) is 12.0. The van der Waals surface area contributed by atoms with E-state index >= 15 is 0 Å². The van der Waals surface area contributed by atoms with Crippen LogP contribution in [0.25, 0.3) is 10.6 Å². The maximum Gasteiger partial charge on any atom is 0.315 e. The number of urea groups is 1. The zero-order chi connectivity index (χ0) is 28.2. The van der Waals surface area contributed by atoms with E-state index in [4.69, 9.17) is 4.52 Å². The van der Waals surface area contributed by atoms with Crippen molar-refractivity contribution in [3.05, 3.63) is 47.8 Å². The number of carbonyl (C=O) groups is 3. The largest absolute Gasteiger partial charge is 0.481 e. The number of thioether (sulfide) groups is 1. The maximum atomic E-state index is 12.2. The Kier molecular flexibility index (Phi) is 11.5. The monoisotopic (exact) mass is 589 g/mol. The van der Waals surface area contributed by atoms with Crippen LogP contribution in [-0.4, -0.2) is 63.0 Å². The minimum atomic E-state index is -0.723. The van der Waals surface area contributed by atoms with Crippen molar-refractivity contribution in [3.63, 3.8) is 0 Å². The molecule has 2 saturated heterocycles. The Hall–Kier alpha value is -3.32. The van der Waals surface area contributed by atoms with Crippen LogP contribution in [0.1, 0.15) is 61.9 Å². The number of amides is 3. The molecule has 5 heterocycles. The summed E-state index contributed by atoms with van der Waals surface area (Å²) in [5.74, 6) is 0.220. The van der Waals surface area contributed by atoms with Gasteiger partial charge in [-0.05, 0) is 43.2 Å². The highest BCUT2D eigenvalue weighted by Crippen LogP contribution is 2.34. The second-order valence-electron chi connectivity index (χ2n) is 9.79. The van der Waals surface area contributed by atoms with E-state index in [0.717, 1.165) is 49.2 Å². The summed E-state index contributed by atoms with van der Waals surface area (Å²) < 4.78 is 9.58. The number of carbonyl (C=O) groups excluding carboxylic acids is 2. The molecular weight excluding hydrogens is 554 g/mol. The van der Waals surface area contributed by atoms with E-state index in [-0.39, 0.29) is 35.6 Å². The number of nitrogens with one attached hydrogen (secondary N) is 3. The van der Waals surface area contributed by atoms with E-state index in [0.29, 0.717) is 30.4 Å². The molecule has 3 aromatic heterocycles. The van der Waals surface area contributed by atoms with Crippen molar-refractivity contribution < 1.29 is 28.5 Å². The number of hydrogen-bond acceptors (Lipinski definition) is 9. The summed E-state index contributed by atoms with van der Waals surface area (Å²) in [4.78, 5) is 36.3. The van der Waals surface area contributed by atoms with Gasteiger partial charge in [0.2, 0.25) is 0 Å². The Morgan fingerprint density at radius 1 is 1.15 bits per heavy atom. The summed E-state index contributed by atoms with van der Waals surface area (Å²) in [7, 11) is 0. The van der Waals surface area contributed by atoms with E-state index < -0.39 is 5.97 Å². The van der Waals surface area contributed by atoms with Crippen molar-refractivity contribution >= 4 is 41.0 Å². The average molecular weight is 590 g/mol. The van der Waals surface area contributed by atoms with E-state index in [1.807, 2.05) is 29.3 Å². The molecule has 0 bridgehead atoms. The number of fused-ring (bicyclic) bond motifs is 1. The maximum absolute atomic E-state index is 12.2. The van der Waals surface area contributed by atoms with Crippen LogP contribution in [0, 0.1) is 5.92 Å². The van der Waals surface area contributed by atoms with Gasteiger partial charge in [0, 0.05) is 23.6 Å². The van der Waals surface area contributed by atoms with Gasteiger partial charge in [-0.1, -0.05) is 42.1 Å². The lowest BCUT2D eigenvalue weighted by Gasteiger charge is -2.18. The first-order chi connectivity index (χ1) is 19.5. The first-order valence-corrected chi connectivity index (χ1v) is 15.5. The minimum absolute atomic E-state index is 0.0882. The molecule has 4 atom stereocenters. The van der Waals surface area contributed by atoms with Crippen molar-refractivity contribution in [1.82, 2.24) is 26.3 Å². The third kappa shape index (κ3) is 8.85. The molecule has 0 spiro atoms. The quantitative estimate of drug-likeness (QED) is 0.153. The van der Waals surface area contributed by atoms with Gasteiger partial charge in [-0.3, -0.25) is 9.59 Å². The number of carboxylic acids is 1. The van der Waals surface area contributed by atoms with Gasteiger partial charge < -0.3 is 30.1 Å². The molecule has 3 amide bonds. The summed E-state index contributed by atoms with van der Waals surface area (Å²) in [6, 6.07) is 7.49. The van der Waals surface area contributed by atoms with Gasteiger partial charge in [0.05, 0.1) is 29.1 Å². The summed E-state index contributed by atoms with van der Waals surface area (Å²) in [6.45, 7) is 0.551. The molecule has 216 valence electrons. The van der Waals surface area contributed by atoms with Crippen LogP contribution in [0.2, 0.25) is 0 Å². The Labute approximate surface area is 240 Å². The third-order valence-electron chi connectivity index (χ3n) is 6.95. The summed E-state index contributed by atoms with van der Waals surface area (Å²) >= 11 is 3.39. The van der Waals surface area contributed by atoms with E-state index in [9.17, 15) is 19.5 Å². The Bertz CT molecular complexity index is 1170. The summed E-state index contributed by atoms with van der Waals surface area (Å²) in [6.07, 6.45) is 9.79. The number of nitrogens with zero attached hydrogens (tertiary/aromatic N) is 2. The van der Waals surface area contributed by atoms with Crippen LogP contribution in [-0.2, 0) is 4.79 Å². The number of rotatable bonds is 14. The molecule has 0 saturated carbocycles. The fraction of sp³-hybridized carbons (Fsp3) is 0.519. The van der Waals surface area contributed by atoms with Crippen LogP contribution >= 0.6 is 23.1 Å². The highest BCUT2D eigenvalue weighted by Gasteiger charge is 2.42. The molecule has 0 radical (unpaired) electrons. The Morgan fingerprint density at radius 3 is 2.73 bits per heavy atom. The van der Waals surface area contributed by atoms with E-state index in [2.05, 4.69) is 30.8 Å². The minimum Gasteiger partial charge on any atom is -0.481 e. The number of aromatic nitrogens is 2. The van der Waals surface area contributed by atoms with Gasteiger partial charge in [0.15, 0.2) is 11.5 Å². The number of hydrogen-bond donors (Lipinski definition) is 4. The van der Waals surface area contributed by atoms with Crippen molar-refractivity contribution in [3.8, 4) is 10.6 Å². The van der Waals surface area contributed by atoms with Crippen molar-refractivity contribution in [2.45, 2.75) is 68.7 Å². The molecule has 2 fully saturated rings. The van der Waals surface area contributed by atoms with Crippen molar-refractivity contribution in [2.75, 3.05) is 12.3 Å². The molecule has 13 heteroatoms. The van der Waals surface area contributed by atoms with E-state index in [1.54, 1.807) is 18.3 Å². The van der Waals surface area contributed by atoms with Crippen LogP contribution in [0.3, 0.4) is 0 Å². The number of thiophene rings is 1. The van der Waals surface area contributed by atoms with Crippen LogP contribution in [0.4, 0.5) is 4.79 Å². The zero-order valence-corrected chi connectivity index (χ0v) is 23.8. The predicted octanol–water partition coefficient (Wildman–Crippen LogP) is 4.79. The molecule has 0 aliphatic carbocycles. The fourth-order valence-corrected chi connectivity index (χ4v) is 7.07. The Balaban J connectivity index is 0.000000666. The van der Waals surface area contributed by atoms with Gasteiger partial charge in [-0.2, -0.15) is 11.8 Å². The van der Waals surface area contributed by atoms with Gasteiger partial charge >= 0.3 is 12.0 Å².